The molecule has 74 heavy (non-hydrogen) atoms. The SMILES string of the molecule is CC.CC.CC.CC.CC(C)CNC(C)C.CC(C)COC(C)C.CC(C)CS(=O)C(C)C.CC(C)CSC(C)C.CCNCCC(C)C.CCOCCC(C)C.CCS(=O)CCC(C)C.CCSCCC(C)C. The molecule has 0 saturated carbocycles. The van der Waals surface area contributed by atoms with Gasteiger partial charge in [-0.1, -0.05) is 228 Å². The Morgan fingerprint density at radius 1 is 0.514 bits per heavy atom. The Morgan fingerprint density at radius 3 is 1.18 bits per heavy atom. The molecule has 0 aliphatic rings. The fourth-order valence-electron chi connectivity index (χ4n) is 3.77. The lowest BCUT2D eigenvalue weighted by atomic mass is 10.1. The summed E-state index contributed by atoms with van der Waals surface area (Å²) < 4.78 is 32.3. The molecule has 0 rings (SSSR count). The van der Waals surface area contributed by atoms with Gasteiger partial charge in [-0.2, -0.15) is 23.5 Å². The van der Waals surface area contributed by atoms with E-state index in [-0.39, 0.29) is 0 Å². The van der Waals surface area contributed by atoms with Crippen LogP contribution in [0.2, 0.25) is 0 Å². The van der Waals surface area contributed by atoms with Gasteiger partial charge in [0.15, 0.2) is 0 Å². The molecule has 0 aliphatic heterocycles. The minimum Gasteiger partial charge on any atom is -0.382 e. The van der Waals surface area contributed by atoms with E-state index in [4.69, 9.17) is 9.47 Å². The summed E-state index contributed by atoms with van der Waals surface area (Å²) in [4.78, 5) is 0. The third-order valence-corrected chi connectivity index (χ3v) is 13.8. The van der Waals surface area contributed by atoms with Crippen LogP contribution in [0, 0.1) is 47.3 Å². The second kappa shape index (κ2) is 93.2. The van der Waals surface area contributed by atoms with E-state index in [1.807, 2.05) is 107 Å². The molecule has 468 valence electrons. The molecule has 0 aromatic rings. The van der Waals surface area contributed by atoms with Gasteiger partial charge in [-0.25, -0.2) is 0 Å². The summed E-state index contributed by atoms with van der Waals surface area (Å²) in [6.45, 7) is 82.6. The van der Waals surface area contributed by atoms with Crippen molar-refractivity contribution in [3.8, 4) is 0 Å². The Hall–Kier alpha value is 0.840. The summed E-state index contributed by atoms with van der Waals surface area (Å²) in [6.07, 6.45) is 5.35. The van der Waals surface area contributed by atoms with Crippen LogP contribution >= 0.6 is 23.5 Å². The van der Waals surface area contributed by atoms with Crippen LogP contribution in [0.4, 0.5) is 0 Å². The van der Waals surface area contributed by atoms with Gasteiger partial charge in [0.25, 0.3) is 0 Å². The highest BCUT2D eigenvalue weighted by molar-refractivity contribution is 7.99. The summed E-state index contributed by atoms with van der Waals surface area (Å²) in [6, 6.07) is 0.636. The second-order valence-corrected chi connectivity index (χ2v) is 28.3. The van der Waals surface area contributed by atoms with Gasteiger partial charge < -0.3 is 20.1 Å². The van der Waals surface area contributed by atoms with Crippen LogP contribution in [0.1, 0.15) is 275 Å². The average Bonchev–Trinajstić information content (AvgIpc) is 3.32. The zero-order valence-electron chi connectivity index (χ0n) is 58.5. The molecule has 6 nitrogen and oxygen atoms in total. The van der Waals surface area contributed by atoms with Crippen molar-refractivity contribution in [3.05, 3.63) is 0 Å². The predicted molar refractivity (Wildman–Crippen MR) is 364 cm³/mol. The minimum atomic E-state index is -0.602. The van der Waals surface area contributed by atoms with Crippen LogP contribution in [0.3, 0.4) is 0 Å². The van der Waals surface area contributed by atoms with Crippen molar-refractivity contribution < 1.29 is 17.9 Å². The maximum absolute atomic E-state index is 11.1. The van der Waals surface area contributed by atoms with E-state index in [0.29, 0.717) is 35.1 Å². The van der Waals surface area contributed by atoms with Gasteiger partial charge in [0.2, 0.25) is 0 Å². The number of hydrogen-bond acceptors (Lipinski definition) is 8. The van der Waals surface area contributed by atoms with Crippen molar-refractivity contribution in [3.63, 3.8) is 0 Å². The predicted octanol–water partition coefficient (Wildman–Crippen LogP) is 20.7. The Morgan fingerprint density at radius 2 is 0.959 bits per heavy atom. The third kappa shape index (κ3) is 179. The normalized spacial score (nSPS) is 10.9. The zero-order chi connectivity index (χ0) is 61.6. The van der Waals surface area contributed by atoms with E-state index in [2.05, 4.69) is 177 Å². The minimum absolute atomic E-state index is 0.326. The molecule has 2 unspecified atom stereocenters. The summed E-state index contributed by atoms with van der Waals surface area (Å²) in [5.41, 5.74) is 0. The van der Waals surface area contributed by atoms with Gasteiger partial charge >= 0.3 is 0 Å². The summed E-state index contributed by atoms with van der Waals surface area (Å²) in [5, 5.41) is 7.75. The molecule has 0 amide bonds. The molecule has 2 N–H and O–H groups in total. The molecule has 2 atom stereocenters. The first kappa shape index (κ1) is 103. The highest BCUT2D eigenvalue weighted by Gasteiger charge is 2.06. The fraction of sp³-hybridized carbons (Fsp3) is 1.00. The van der Waals surface area contributed by atoms with Crippen LogP contribution in [-0.2, 0) is 31.1 Å². The standard InChI is InChI=1S/2C7H17N.2C7H16OS.2C7H16O.2C7H16S.4C2H6/c1-6(2)5-8-7(3)4;1-4-8-6-5-7(2)3;1-6(2)5-9(8)7(3)4;1-4-9(8)6-5-7(2)3;1-6(2)5-8-7(3)4;1-4-8-6-5-7(2)3;1-6(2)5-8-7(3)4;1-4-8-6-5-7(2)3;4*1-2/h6-8H,5H2,1-4H3;7-8H,4-6H2,1-3H3;6-7H,5H2,1-4H3;7H,4-6H2,1-3H3;6-7H,5H2,1-4H3;7H,4-6H2,1-3H3;6-7H,5H2,1-4H3;7H,4-6H2,1-3H3;4*1-2H3. The third-order valence-electron chi connectivity index (χ3n) is 7.96. The quantitative estimate of drug-likeness (QED) is 0.0751. The second-order valence-electron chi connectivity index (χ2n) is 21.4. The highest BCUT2D eigenvalue weighted by atomic mass is 32.2. The van der Waals surface area contributed by atoms with Crippen LogP contribution in [0.25, 0.3) is 0 Å². The molecule has 0 heterocycles. The molecule has 0 aromatic carbocycles. The van der Waals surface area contributed by atoms with E-state index in [9.17, 15) is 8.42 Å². The van der Waals surface area contributed by atoms with E-state index in [1.165, 1.54) is 43.1 Å². The van der Waals surface area contributed by atoms with Gasteiger partial charge in [0.05, 0.1) is 6.10 Å². The lowest BCUT2D eigenvalue weighted by Crippen LogP contribution is -2.26. The first-order valence-electron chi connectivity index (χ1n) is 30.9. The Kier molecular flexibility index (Phi) is 130. The van der Waals surface area contributed by atoms with Crippen LogP contribution in [0.15, 0.2) is 0 Å². The summed E-state index contributed by atoms with van der Waals surface area (Å²) in [5.74, 6) is 12.5. The zero-order valence-corrected chi connectivity index (χ0v) is 61.8. The number of nitrogens with one attached hydrogen (secondary N) is 2. The molecular formula is C64H154N2O4S4. The van der Waals surface area contributed by atoms with E-state index in [1.54, 1.807) is 0 Å². The van der Waals surface area contributed by atoms with E-state index < -0.39 is 21.6 Å². The van der Waals surface area contributed by atoms with Gasteiger partial charge in [-0.15, -0.1) is 0 Å². The van der Waals surface area contributed by atoms with Crippen molar-refractivity contribution >= 4 is 45.1 Å². The molecule has 0 aromatic heterocycles. The summed E-state index contributed by atoms with van der Waals surface area (Å²) in [7, 11) is -1.15. The Balaban J connectivity index is -0.0000000582. The molecule has 10 heteroatoms. The van der Waals surface area contributed by atoms with Crippen LogP contribution < -0.4 is 10.6 Å². The number of thioether (sulfide) groups is 2. The van der Waals surface area contributed by atoms with Crippen LogP contribution in [0.5, 0.6) is 0 Å². The first-order chi connectivity index (χ1) is 34.4. The number of hydrogen-bond donors (Lipinski definition) is 2. The van der Waals surface area contributed by atoms with Gasteiger partial charge in [0.1, 0.15) is 0 Å². The fourth-order valence-corrected chi connectivity index (χ4v) is 7.53. The molecule has 0 fully saturated rings. The van der Waals surface area contributed by atoms with Gasteiger partial charge in [-0.05, 0) is 136 Å². The average molecular weight is 1140 g/mol. The largest absolute Gasteiger partial charge is 0.382 e. The van der Waals surface area contributed by atoms with E-state index >= 15 is 0 Å². The van der Waals surface area contributed by atoms with Crippen molar-refractivity contribution in [1.29, 1.82) is 0 Å². The Labute approximate surface area is 489 Å². The Bertz CT molecular complexity index is 788. The van der Waals surface area contributed by atoms with Crippen LogP contribution in [-0.4, -0.2) is 105 Å². The lowest BCUT2D eigenvalue weighted by molar-refractivity contribution is 0.0593. The van der Waals surface area contributed by atoms with Crippen molar-refractivity contribution in [1.82, 2.24) is 10.6 Å². The number of ether oxygens (including phenoxy) is 2. The maximum Gasteiger partial charge on any atom is 0.0518 e. The number of rotatable bonds is 28. The van der Waals surface area contributed by atoms with Crippen molar-refractivity contribution in [2.75, 3.05) is 74.0 Å². The summed E-state index contributed by atoms with van der Waals surface area (Å²) >= 11 is 4.08. The lowest BCUT2D eigenvalue weighted by Gasteiger charge is -2.09. The molecular weight excluding hydrogens is 989 g/mol. The van der Waals surface area contributed by atoms with Gasteiger partial charge in [0, 0.05) is 70.0 Å². The smallest absolute Gasteiger partial charge is 0.0518 e. The van der Waals surface area contributed by atoms with E-state index in [0.717, 1.165) is 91.4 Å². The maximum atomic E-state index is 11.1. The van der Waals surface area contributed by atoms with Crippen molar-refractivity contribution in [2.24, 2.45) is 47.3 Å². The molecule has 0 aliphatic carbocycles. The van der Waals surface area contributed by atoms with Crippen molar-refractivity contribution in [2.45, 2.75) is 298 Å². The monoisotopic (exact) mass is 1140 g/mol. The molecule has 0 spiro atoms. The topological polar surface area (TPSA) is 76.7 Å². The molecule has 0 bridgehead atoms. The highest BCUT2D eigenvalue weighted by Crippen LogP contribution is 2.13. The molecule has 0 radical (unpaired) electrons. The molecule has 0 saturated heterocycles. The van der Waals surface area contributed by atoms with Gasteiger partial charge in [-0.3, -0.25) is 8.42 Å². The first-order valence-corrected chi connectivity index (χ1v) is 36.0.